The van der Waals surface area contributed by atoms with Crippen LogP contribution in [0.2, 0.25) is 0 Å². The van der Waals surface area contributed by atoms with E-state index in [4.69, 9.17) is 4.74 Å². The maximum Gasteiger partial charge on any atom is 0.311 e. The van der Waals surface area contributed by atoms with Gasteiger partial charge in [0.05, 0.1) is 18.1 Å². The average molecular weight is 266 g/mol. The van der Waals surface area contributed by atoms with Gasteiger partial charge in [0.2, 0.25) is 0 Å². The first kappa shape index (κ1) is 13.6. The Hall–Kier alpha value is -1.82. The summed E-state index contributed by atoms with van der Waals surface area (Å²) in [4.78, 5) is 12.5. The molecule has 1 aromatic carbocycles. The van der Waals surface area contributed by atoms with Crippen LogP contribution in [0.3, 0.4) is 0 Å². The summed E-state index contributed by atoms with van der Waals surface area (Å²) in [6.07, 6.45) is 0.599. The summed E-state index contributed by atoms with van der Waals surface area (Å²) >= 11 is 0. The van der Waals surface area contributed by atoms with Crippen LogP contribution in [0.25, 0.3) is 0 Å². The molecule has 0 saturated carbocycles. The van der Waals surface area contributed by atoms with E-state index in [1.54, 1.807) is 19.1 Å². The van der Waals surface area contributed by atoms with Gasteiger partial charge in [0.1, 0.15) is 0 Å². The van der Waals surface area contributed by atoms with Gasteiger partial charge in [-0.1, -0.05) is 0 Å². The standard InChI is InChI=1S/C13H18N2O4/c1-9(16)10-5-6-14(8-10)11-3-4-12(15(17)18)13(7-11)19-2/h3-4,7,9-10,16H,5-6,8H2,1-2H3. The van der Waals surface area contributed by atoms with E-state index in [0.717, 1.165) is 25.2 Å². The van der Waals surface area contributed by atoms with E-state index in [2.05, 4.69) is 4.90 Å². The maximum atomic E-state index is 10.8. The summed E-state index contributed by atoms with van der Waals surface area (Å²) in [5, 5.41) is 20.4. The van der Waals surface area contributed by atoms with Crippen LogP contribution in [0.4, 0.5) is 11.4 Å². The molecule has 6 heteroatoms. The number of nitrogens with zero attached hydrogens (tertiary/aromatic N) is 2. The number of aliphatic hydroxyl groups excluding tert-OH is 1. The summed E-state index contributed by atoms with van der Waals surface area (Å²) < 4.78 is 5.06. The Balaban J connectivity index is 2.20. The lowest BCUT2D eigenvalue weighted by atomic mass is 10.0. The Morgan fingerprint density at radius 2 is 2.32 bits per heavy atom. The van der Waals surface area contributed by atoms with Crippen molar-refractivity contribution in [2.24, 2.45) is 5.92 Å². The van der Waals surface area contributed by atoms with Crippen LogP contribution in [0.5, 0.6) is 5.75 Å². The number of nitro groups is 1. The minimum Gasteiger partial charge on any atom is -0.490 e. The third kappa shape index (κ3) is 2.78. The summed E-state index contributed by atoms with van der Waals surface area (Å²) in [6, 6.07) is 4.87. The van der Waals surface area contributed by atoms with Gasteiger partial charge in [-0.2, -0.15) is 0 Å². The van der Waals surface area contributed by atoms with Gasteiger partial charge < -0.3 is 14.7 Å². The largest absolute Gasteiger partial charge is 0.490 e. The van der Waals surface area contributed by atoms with E-state index >= 15 is 0 Å². The van der Waals surface area contributed by atoms with Crippen LogP contribution in [0.1, 0.15) is 13.3 Å². The van der Waals surface area contributed by atoms with Crippen molar-refractivity contribution in [1.29, 1.82) is 0 Å². The highest BCUT2D eigenvalue weighted by Gasteiger charge is 2.27. The fraction of sp³-hybridized carbons (Fsp3) is 0.538. The van der Waals surface area contributed by atoms with Crippen molar-refractivity contribution in [2.75, 3.05) is 25.1 Å². The molecule has 0 radical (unpaired) electrons. The predicted octanol–water partition coefficient (Wildman–Crippen LogP) is 1.81. The molecule has 1 fully saturated rings. The molecule has 0 spiro atoms. The van der Waals surface area contributed by atoms with E-state index < -0.39 is 4.92 Å². The third-order valence-corrected chi connectivity index (χ3v) is 3.63. The fourth-order valence-corrected chi connectivity index (χ4v) is 2.43. The minimum atomic E-state index is -0.453. The number of hydrogen-bond donors (Lipinski definition) is 1. The van der Waals surface area contributed by atoms with E-state index in [0.29, 0.717) is 0 Å². The van der Waals surface area contributed by atoms with Crippen molar-refractivity contribution in [3.63, 3.8) is 0 Å². The highest BCUT2D eigenvalue weighted by Crippen LogP contribution is 2.33. The molecule has 0 amide bonds. The molecule has 2 unspecified atom stereocenters. The second kappa shape index (κ2) is 5.44. The molecular weight excluding hydrogens is 248 g/mol. The molecule has 1 heterocycles. The van der Waals surface area contributed by atoms with Gasteiger partial charge in [0.15, 0.2) is 5.75 Å². The Bertz CT molecular complexity index is 476. The number of anilines is 1. The molecule has 1 aliphatic rings. The molecule has 0 aliphatic carbocycles. The van der Waals surface area contributed by atoms with Gasteiger partial charge in [-0.05, 0) is 19.4 Å². The van der Waals surface area contributed by atoms with Crippen LogP contribution < -0.4 is 9.64 Å². The number of nitro benzene ring substituents is 1. The van der Waals surface area contributed by atoms with Crippen molar-refractivity contribution in [3.8, 4) is 5.75 Å². The molecule has 1 saturated heterocycles. The molecule has 19 heavy (non-hydrogen) atoms. The number of benzene rings is 1. The van der Waals surface area contributed by atoms with Crippen LogP contribution >= 0.6 is 0 Å². The monoisotopic (exact) mass is 266 g/mol. The number of ether oxygens (including phenoxy) is 1. The molecule has 2 rings (SSSR count). The van der Waals surface area contributed by atoms with E-state index in [9.17, 15) is 15.2 Å². The van der Waals surface area contributed by atoms with Crippen molar-refractivity contribution in [1.82, 2.24) is 0 Å². The van der Waals surface area contributed by atoms with Crippen molar-refractivity contribution < 1.29 is 14.8 Å². The summed E-state index contributed by atoms with van der Waals surface area (Å²) in [5.74, 6) is 0.518. The minimum absolute atomic E-state index is 0.0301. The van der Waals surface area contributed by atoms with Gasteiger partial charge in [-0.3, -0.25) is 10.1 Å². The van der Waals surface area contributed by atoms with Gasteiger partial charge in [-0.25, -0.2) is 0 Å². The highest BCUT2D eigenvalue weighted by atomic mass is 16.6. The zero-order chi connectivity index (χ0) is 14.0. The molecule has 0 bridgehead atoms. The third-order valence-electron chi connectivity index (χ3n) is 3.63. The van der Waals surface area contributed by atoms with E-state index in [-0.39, 0.29) is 23.5 Å². The van der Waals surface area contributed by atoms with Gasteiger partial charge in [0.25, 0.3) is 0 Å². The molecule has 1 aromatic rings. The average Bonchev–Trinajstić information content (AvgIpc) is 2.87. The molecule has 1 aliphatic heterocycles. The summed E-state index contributed by atoms with van der Waals surface area (Å²) in [5.41, 5.74) is 0.864. The number of rotatable bonds is 4. The zero-order valence-corrected chi connectivity index (χ0v) is 11.1. The first-order valence-corrected chi connectivity index (χ1v) is 6.28. The Labute approximate surface area is 111 Å². The van der Waals surface area contributed by atoms with Crippen molar-refractivity contribution >= 4 is 11.4 Å². The van der Waals surface area contributed by atoms with Gasteiger partial charge in [0, 0.05) is 36.8 Å². The Kier molecular flexibility index (Phi) is 3.90. The van der Waals surface area contributed by atoms with Crippen LogP contribution in [-0.2, 0) is 0 Å². The summed E-state index contributed by atoms with van der Waals surface area (Å²) in [6.45, 7) is 3.40. The molecule has 1 N–H and O–H groups in total. The number of methoxy groups -OCH3 is 1. The van der Waals surface area contributed by atoms with Gasteiger partial charge >= 0.3 is 5.69 Å². The SMILES string of the molecule is COc1cc(N2CCC(C(C)O)C2)ccc1[N+](=O)[O-]. The lowest BCUT2D eigenvalue weighted by molar-refractivity contribution is -0.385. The second-order valence-corrected chi connectivity index (χ2v) is 4.85. The van der Waals surface area contributed by atoms with E-state index in [1.165, 1.54) is 13.2 Å². The normalized spacial score (nSPS) is 20.4. The van der Waals surface area contributed by atoms with Crippen LogP contribution in [0, 0.1) is 16.0 Å². The topological polar surface area (TPSA) is 75.8 Å². The molecule has 6 nitrogen and oxygen atoms in total. The summed E-state index contributed by atoms with van der Waals surface area (Å²) in [7, 11) is 1.43. The molecule has 0 aromatic heterocycles. The molecule has 104 valence electrons. The first-order valence-electron chi connectivity index (χ1n) is 6.28. The maximum absolute atomic E-state index is 10.8. The zero-order valence-electron chi connectivity index (χ0n) is 11.1. The van der Waals surface area contributed by atoms with Crippen molar-refractivity contribution in [3.05, 3.63) is 28.3 Å². The van der Waals surface area contributed by atoms with Gasteiger partial charge in [-0.15, -0.1) is 0 Å². The smallest absolute Gasteiger partial charge is 0.311 e. The van der Waals surface area contributed by atoms with Crippen LogP contribution in [0.15, 0.2) is 18.2 Å². The van der Waals surface area contributed by atoms with Crippen molar-refractivity contribution in [2.45, 2.75) is 19.4 Å². The molecule has 2 atom stereocenters. The lowest BCUT2D eigenvalue weighted by Crippen LogP contribution is -2.23. The first-order chi connectivity index (χ1) is 9.02. The quantitative estimate of drug-likeness (QED) is 0.664. The Morgan fingerprint density at radius 1 is 1.58 bits per heavy atom. The predicted molar refractivity (Wildman–Crippen MR) is 71.6 cm³/mol. The highest BCUT2D eigenvalue weighted by molar-refractivity contribution is 5.59. The van der Waals surface area contributed by atoms with Crippen LogP contribution in [-0.4, -0.2) is 36.3 Å². The Morgan fingerprint density at radius 3 is 2.84 bits per heavy atom. The number of aliphatic hydroxyl groups is 1. The number of hydrogen-bond acceptors (Lipinski definition) is 5. The second-order valence-electron chi connectivity index (χ2n) is 4.85. The fourth-order valence-electron chi connectivity index (χ4n) is 2.43. The van der Waals surface area contributed by atoms with E-state index in [1.807, 2.05) is 0 Å². The molecular formula is C13H18N2O4. The lowest BCUT2D eigenvalue weighted by Gasteiger charge is -2.20.